The van der Waals surface area contributed by atoms with E-state index in [1.807, 2.05) is 38.1 Å². The number of benzene rings is 1. The zero-order valence-electron chi connectivity index (χ0n) is 20.6. The minimum atomic E-state index is -1.07. The molecule has 1 aliphatic rings. The van der Waals surface area contributed by atoms with Crippen molar-refractivity contribution in [2.75, 3.05) is 12.3 Å². The monoisotopic (exact) mass is 517 g/mol. The lowest BCUT2D eigenvalue weighted by Crippen LogP contribution is -2.58. The standard InChI is InChI=1S/C25H35N5O5S/c1-3-14(2)21(26)23(32)29-19(13-36)22(31)28-18(24(33)30-10-6-9-20(30)25(34)35)11-15-12-27-17-8-5-4-7-16(15)17/h4-5,7-8,12,14,18-21,27,36H,3,6,9-11,13,26H2,1-2H3,(H,28,31)(H,29,32)(H,34,35). The highest BCUT2D eigenvalue weighted by molar-refractivity contribution is 7.80. The molecule has 6 N–H and O–H groups in total. The van der Waals surface area contributed by atoms with Crippen LogP contribution in [-0.2, 0) is 25.6 Å². The number of hydrogen-bond donors (Lipinski definition) is 6. The van der Waals surface area contributed by atoms with Crippen molar-refractivity contribution >= 4 is 47.2 Å². The minimum absolute atomic E-state index is 0.000258. The molecule has 1 fully saturated rings. The summed E-state index contributed by atoms with van der Waals surface area (Å²) < 4.78 is 0. The van der Waals surface area contributed by atoms with Crippen LogP contribution in [0.3, 0.4) is 0 Å². The summed E-state index contributed by atoms with van der Waals surface area (Å²) in [5.74, 6) is -2.67. The molecular weight excluding hydrogens is 482 g/mol. The molecule has 3 amide bonds. The number of carbonyl (C=O) groups excluding carboxylic acids is 3. The summed E-state index contributed by atoms with van der Waals surface area (Å²) in [5.41, 5.74) is 7.69. The number of para-hydroxylation sites is 1. The number of hydrogen-bond acceptors (Lipinski definition) is 6. The average Bonchev–Trinajstić information content (AvgIpc) is 3.53. The highest BCUT2D eigenvalue weighted by Gasteiger charge is 2.38. The van der Waals surface area contributed by atoms with Gasteiger partial charge < -0.3 is 31.4 Å². The molecule has 2 heterocycles. The number of aromatic amines is 1. The Labute approximate surface area is 215 Å². The first kappa shape index (κ1) is 27.5. The van der Waals surface area contributed by atoms with Crippen molar-refractivity contribution in [3.05, 3.63) is 36.0 Å². The van der Waals surface area contributed by atoms with Crippen molar-refractivity contribution in [2.45, 2.75) is 63.7 Å². The Morgan fingerprint density at radius 1 is 1.19 bits per heavy atom. The summed E-state index contributed by atoms with van der Waals surface area (Å²) in [6, 6.07) is 3.82. The normalized spacial score (nSPS) is 18.9. The Morgan fingerprint density at radius 3 is 2.56 bits per heavy atom. The van der Waals surface area contributed by atoms with Gasteiger partial charge in [-0.15, -0.1) is 0 Å². The molecule has 1 aliphatic heterocycles. The number of aromatic nitrogens is 1. The molecule has 11 heteroatoms. The summed E-state index contributed by atoms with van der Waals surface area (Å²) in [4.78, 5) is 55.5. The van der Waals surface area contributed by atoms with Gasteiger partial charge in [0.25, 0.3) is 0 Å². The molecule has 1 saturated heterocycles. The highest BCUT2D eigenvalue weighted by atomic mass is 32.1. The first-order valence-corrected chi connectivity index (χ1v) is 12.9. The van der Waals surface area contributed by atoms with Crippen molar-refractivity contribution in [3.8, 4) is 0 Å². The van der Waals surface area contributed by atoms with Gasteiger partial charge in [0.2, 0.25) is 17.7 Å². The molecule has 0 spiro atoms. The van der Waals surface area contributed by atoms with E-state index < -0.39 is 47.9 Å². The first-order valence-electron chi connectivity index (χ1n) is 12.2. The molecule has 1 aromatic carbocycles. The van der Waals surface area contributed by atoms with Gasteiger partial charge in [-0.05, 0) is 30.4 Å². The summed E-state index contributed by atoms with van der Waals surface area (Å²) in [6.45, 7) is 4.07. The third-order valence-corrected chi connectivity index (χ3v) is 7.27. The largest absolute Gasteiger partial charge is 0.480 e. The van der Waals surface area contributed by atoms with E-state index in [9.17, 15) is 24.3 Å². The molecule has 2 aromatic rings. The Kier molecular flexibility index (Phi) is 9.38. The molecular formula is C25H35N5O5S. The van der Waals surface area contributed by atoms with Crippen LogP contribution in [0.2, 0.25) is 0 Å². The Morgan fingerprint density at radius 2 is 1.89 bits per heavy atom. The van der Waals surface area contributed by atoms with E-state index in [4.69, 9.17) is 5.73 Å². The number of rotatable bonds is 11. The number of fused-ring (bicyclic) bond motifs is 1. The van der Waals surface area contributed by atoms with Crippen LogP contribution in [0.15, 0.2) is 30.5 Å². The van der Waals surface area contributed by atoms with Crippen LogP contribution < -0.4 is 16.4 Å². The molecule has 36 heavy (non-hydrogen) atoms. The first-order chi connectivity index (χ1) is 17.2. The van der Waals surface area contributed by atoms with Crippen LogP contribution in [-0.4, -0.2) is 75.1 Å². The number of H-pyrrole nitrogens is 1. The van der Waals surface area contributed by atoms with E-state index in [-0.39, 0.29) is 18.1 Å². The van der Waals surface area contributed by atoms with Gasteiger partial charge in [-0.3, -0.25) is 14.4 Å². The molecule has 196 valence electrons. The number of carboxylic acids is 1. The van der Waals surface area contributed by atoms with Crippen molar-refractivity contribution in [2.24, 2.45) is 11.7 Å². The third kappa shape index (κ3) is 6.19. The van der Waals surface area contributed by atoms with Gasteiger partial charge in [-0.1, -0.05) is 38.5 Å². The molecule has 10 nitrogen and oxygen atoms in total. The van der Waals surface area contributed by atoms with Crippen LogP contribution in [0.25, 0.3) is 10.9 Å². The second-order valence-corrected chi connectivity index (χ2v) is 9.67. The zero-order chi connectivity index (χ0) is 26.4. The zero-order valence-corrected chi connectivity index (χ0v) is 21.5. The lowest BCUT2D eigenvalue weighted by molar-refractivity contribution is -0.149. The fourth-order valence-corrected chi connectivity index (χ4v) is 4.71. The summed E-state index contributed by atoms with van der Waals surface area (Å²) >= 11 is 4.22. The summed E-state index contributed by atoms with van der Waals surface area (Å²) in [5, 5.41) is 15.9. The van der Waals surface area contributed by atoms with Gasteiger partial charge >= 0.3 is 5.97 Å². The SMILES string of the molecule is CCC(C)C(N)C(=O)NC(CS)C(=O)NC(Cc1c[nH]c2ccccc12)C(=O)N1CCCC1C(=O)O. The molecule has 3 rings (SSSR count). The van der Waals surface area contributed by atoms with E-state index in [0.29, 0.717) is 25.8 Å². The molecule has 5 unspecified atom stereocenters. The van der Waals surface area contributed by atoms with Crippen LogP contribution in [0.5, 0.6) is 0 Å². The Balaban J connectivity index is 1.83. The highest BCUT2D eigenvalue weighted by Crippen LogP contribution is 2.23. The van der Waals surface area contributed by atoms with E-state index in [1.165, 1.54) is 4.90 Å². The van der Waals surface area contributed by atoms with E-state index in [0.717, 1.165) is 16.5 Å². The van der Waals surface area contributed by atoms with Gasteiger partial charge in [-0.25, -0.2) is 4.79 Å². The molecule has 0 saturated carbocycles. The average molecular weight is 518 g/mol. The number of likely N-dealkylation sites (tertiary alicyclic amines) is 1. The smallest absolute Gasteiger partial charge is 0.326 e. The van der Waals surface area contributed by atoms with Crippen molar-refractivity contribution in [1.82, 2.24) is 20.5 Å². The number of nitrogens with one attached hydrogen (secondary N) is 3. The van der Waals surface area contributed by atoms with Gasteiger partial charge in [0.15, 0.2) is 0 Å². The molecule has 0 radical (unpaired) electrons. The predicted octanol–water partition coefficient (Wildman–Crippen LogP) is 1.06. The topological polar surface area (TPSA) is 158 Å². The number of carbonyl (C=O) groups is 4. The van der Waals surface area contributed by atoms with Crippen molar-refractivity contribution < 1.29 is 24.3 Å². The van der Waals surface area contributed by atoms with Crippen LogP contribution in [0.4, 0.5) is 0 Å². The van der Waals surface area contributed by atoms with Gasteiger partial charge in [0.05, 0.1) is 6.04 Å². The third-order valence-electron chi connectivity index (χ3n) is 6.91. The molecule has 0 bridgehead atoms. The number of amides is 3. The fourth-order valence-electron chi connectivity index (χ4n) is 4.45. The van der Waals surface area contributed by atoms with Gasteiger partial charge in [0.1, 0.15) is 18.1 Å². The number of aliphatic carboxylic acids is 1. The maximum absolute atomic E-state index is 13.5. The summed E-state index contributed by atoms with van der Waals surface area (Å²) in [7, 11) is 0. The van der Waals surface area contributed by atoms with E-state index >= 15 is 0 Å². The van der Waals surface area contributed by atoms with Gasteiger partial charge in [0, 0.05) is 35.8 Å². The lowest BCUT2D eigenvalue weighted by atomic mass is 9.99. The number of nitrogens with zero attached hydrogens (tertiary/aromatic N) is 1. The van der Waals surface area contributed by atoms with Crippen LogP contribution in [0, 0.1) is 5.92 Å². The number of nitrogens with two attached hydrogens (primary N) is 1. The molecule has 1 aromatic heterocycles. The number of carboxylic acid groups (broad SMARTS) is 1. The van der Waals surface area contributed by atoms with Crippen molar-refractivity contribution in [3.63, 3.8) is 0 Å². The quantitative estimate of drug-likeness (QED) is 0.245. The van der Waals surface area contributed by atoms with E-state index in [1.54, 1.807) is 6.20 Å². The van der Waals surface area contributed by atoms with Gasteiger partial charge in [-0.2, -0.15) is 12.6 Å². The number of thiol groups is 1. The maximum atomic E-state index is 13.5. The van der Waals surface area contributed by atoms with Crippen LogP contribution >= 0.6 is 12.6 Å². The van der Waals surface area contributed by atoms with Crippen LogP contribution in [0.1, 0.15) is 38.7 Å². The predicted molar refractivity (Wildman–Crippen MR) is 140 cm³/mol. The minimum Gasteiger partial charge on any atom is -0.480 e. The van der Waals surface area contributed by atoms with E-state index in [2.05, 4.69) is 28.2 Å². The molecule has 0 aliphatic carbocycles. The lowest BCUT2D eigenvalue weighted by Gasteiger charge is -2.29. The fraction of sp³-hybridized carbons (Fsp3) is 0.520. The van der Waals surface area contributed by atoms with Crippen molar-refractivity contribution in [1.29, 1.82) is 0 Å². The summed E-state index contributed by atoms with van der Waals surface area (Å²) in [6.07, 6.45) is 3.56. The molecule has 5 atom stereocenters. The Hall–Kier alpha value is -3.05. The second kappa shape index (κ2) is 12.3. The second-order valence-electron chi connectivity index (χ2n) is 9.31. The Bertz CT molecular complexity index is 1110. The maximum Gasteiger partial charge on any atom is 0.326 e.